The first kappa shape index (κ1) is 19.4. The number of methoxy groups -OCH3 is 1. The van der Waals surface area contributed by atoms with Crippen LogP contribution < -0.4 is 4.74 Å². The van der Waals surface area contributed by atoms with E-state index in [0.717, 1.165) is 23.3 Å². The maximum Gasteiger partial charge on any atom is 0.416 e. The van der Waals surface area contributed by atoms with Crippen LogP contribution in [-0.4, -0.2) is 18.1 Å². The molecule has 1 heterocycles. The number of carbonyl (C=O) groups excluding carboxylic acids is 1. The molecule has 0 unspecified atom stereocenters. The molecule has 0 radical (unpaired) electrons. The van der Waals surface area contributed by atoms with Crippen LogP contribution in [0.3, 0.4) is 0 Å². The Morgan fingerprint density at radius 3 is 2.29 bits per heavy atom. The summed E-state index contributed by atoms with van der Waals surface area (Å²) in [5.74, 6) is 0.290. The Labute approximate surface area is 159 Å². The smallest absolute Gasteiger partial charge is 0.416 e. The van der Waals surface area contributed by atoms with E-state index in [9.17, 15) is 18.0 Å². The van der Waals surface area contributed by atoms with Crippen LogP contribution in [-0.2, 0) is 10.9 Å². The number of rotatable bonds is 4. The molecule has 0 amide bonds. The Kier molecular flexibility index (Phi) is 5.35. The van der Waals surface area contributed by atoms with Gasteiger partial charge in [0.15, 0.2) is 0 Å². The van der Waals surface area contributed by atoms with Crippen LogP contribution >= 0.6 is 0 Å². The maximum absolute atomic E-state index is 12.6. The minimum atomic E-state index is -4.39. The van der Waals surface area contributed by atoms with E-state index < -0.39 is 17.7 Å². The number of esters is 1. The summed E-state index contributed by atoms with van der Waals surface area (Å²) in [6, 6.07) is 12.9. The summed E-state index contributed by atoms with van der Waals surface area (Å²) in [4.78, 5) is 16.0. The van der Waals surface area contributed by atoms with E-state index in [0.29, 0.717) is 17.0 Å². The minimum Gasteiger partial charge on any atom is -0.465 e. The van der Waals surface area contributed by atoms with Crippen LogP contribution in [0.1, 0.15) is 21.5 Å². The number of hydrogen-bond donors (Lipinski definition) is 0. The van der Waals surface area contributed by atoms with Crippen LogP contribution in [0.4, 0.5) is 13.2 Å². The zero-order valence-corrected chi connectivity index (χ0v) is 15.1. The Bertz CT molecular complexity index is 999. The summed E-state index contributed by atoms with van der Waals surface area (Å²) < 4.78 is 48.3. The lowest BCUT2D eigenvalue weighted by Gasteiger charge is -2.10. The molecule has 7 heteroatoms. The molecule has 28 heavy (non-hydrogen) atoms. The Hall–Kier alpha value is -3.35. The first-order valence-corrected chi connectivity index (χ1v) is 8.28. The topological polar surface area (TPSA) is 48.4 Å². The van der Waals surface area contributed by atoms with Gasteiger partial charge in [0.25, 0.3) is 0 Å². The summed E-state index contributed by atoms with van der Waals surface area (Å²) in [5, 5.41) is 0. The maximum atomic E-state index is 12.6. The Morgan fingerprint density at radius 1 is 0.964 bits per heavy atom. The predicted octanol–water partition coefficient (Wildman–Crippen LogP) is 5.65. The molecule has 0 spiro atoms. The molecule has 0 saturated carbocycles. The molecule has 144 valence electrons. The Morgan fingerprint density at radius 2 is 1.68 bits per heavy atom. The number of ether oxygens (including phenoxy) is 2. The van der Waals surface area contributed by atoms with Crippen molar-refractivity contribution in [2.24, 2.45) is 0 Å². The van der Waals surface area contributed by atoms with Gasteiger partial charge < -0.3 is 9.47 Å². The third kappa shape index (κ3) is 4.31. The van der Waals surface area contributed by atoms with Crippen LogP contribution in [0.25, 0.3) is 11.3 Å². The number of carbonyl (C=O) groups is 1. The standard InChI is InChI=1S/C21H16F3NO3/c1-13-11-14(3-8-18(13)20(26)27-2)19-12-17(9-10-25-19)28-16-6-4-15(5-7-16)21(22,23)24/h3-12H,1-2H3. The minimum absolute atomic E-state index is 0.280. The number of aromatic nitrogens is 1. The molecule has 0 N–H and O–H groups in total. The van der Waals surface area contributed by atoms with E-state index in [2.05, 4.69) is 4.98 Å². The SMILES string of the molecule is COC(=O)c1ccc(-c2cc(Oc3ccc(C(F)(F)F)cc3)ccn2)cc1C. The van der Waals surface area contributed by atoms with E-state index in [1.165, 1.54) is 25.4 Å². The van der Waals surface area contributed by atoms with Gasteiger partial charge in [0.2, 0.25) is 0 Å². The van der Waals surface area contributed by atoms with Gasteiger partial charge in [-0.3, -0.25) is 4.98 Å². The molecular weight excluding hydrogens is 371 g/mol. The predicted molar refractivity (Wildman–Crippen MR) is 97.3 cm³/mol. The fourth-order valence-corrected chi connectivity index (χ4v) is 2.64. The molecule has 0 aliphatic heterocycles. The van der Waals surface area contributed by atoms with Crippen molar-refractivity contribution in [3.63, 3.8) is 0 Å². The number of pyridine rings is 1. The molecule has 0 bridgehead atoms. The zero-order valence-electron chi connectivity index (χ0n) is 15.1. The van der Waals surface area contributed by atoms with Gasteiger partial charge in [-0.2, -0.15) is 13.2 Å². The molecular formula is C21H16F3NO3. The molecule has 0 atom stereocenters. The van der Waals surface area contributed by atoms with Gasteiger partial charge in [0.05, 0.1) is 23.9 Å². The van der Waals surface area contributed by atoms with Crippen molar-refractivity contribution in [1.82, 2.24) is 4.98 Å². The summed E-state index contributed by atoms with van der Waals surface area (Å²) in [5.41, 5.74) is 1.83. The molecule has 0 aliphatic carbocycles. The van der Waals surface area contributed by atoms with Crippen molar-refractivity contribution in [3.8, 4) is 22.8 Å². The first-order chi connectivity index (χ1) is 13.3. The second-order valence-corrected chi connectivity index (χ2v) is 6.02. The van der Waals surface area contributed by atoms with Gasteiger partial charge in [-0.15, -0.1) is 0 Å². The van der Waals surface area contributed by atoms with Gasteiger partial charge >= 0.3 is 12.1 Å². The lowest BCUT2D eigenvalue weighted by atomic mass is 10.0. The molecule has 1 aromatic heterocycles. The fraction of sp³-hybridized carbons (Fsp3) is 0.143. The second-order valence-electron chi connectivity index (χ2n) is 6.02. The van der Waals surface area contributed by atoms with E-state index in [1.807, 2.05) is 0 Å². The van der Waals surface area contributed by atoms with Crippen LogP contribution in [0.15, 0.2) is 60.8 Å². The van der Waals surface area contributed by atoms with E-state index in [-0.39, 0.29) is 5.75 Å². The van der Waals surface area contributed by atoms with Crippen molar-refractivity contribution in [2.45, 2.75) is 13.1 Å². The molecule has 0 fully saturated rings. The number of halogens is 3. The quantitative estimate of drug-likeness (QED) is 0.543. The summed E-state index contributed by atoms with van der Waals surface area (Å²) in [6.07, 6.45) is -2.85. The molecule has 0 aliphatic rings. The number of alkyl halides is 3. The normalized spacial score (nSPS) is 11.2. The lowest BCUT2D eigenvalue weighted by Crippen LogP contribution is -2.04. The zero-order chi connectivity index (χ0) is 20.3. The van der Waals surface area contributed by atoms with Crippen molar-refractivity contribution in [3.05, 3.63) is 77.5 Å². The van der Waals surface area contributed by atoms with E-state index in [1.54, 1.807) is 37.3 Å². The number of benzene rings is 2. The second kappa shape index (κ2) is 7.72. The number of aryl methyl sites for hydroxylation is 1. The van der Waals surface area contributed by atoms with Gasteiger partial charge in [-0.1, -0.05) is 6.07 Å². The summed E-state index contributed by atoms with van der Waals surface area (Å²) in [6.45, 7) is 1.79. The number of nitrogens with zero attached hydrogens (tertiary/aromatic N) is 1. The van der Waals surface area contributed by atoms with Gasteiger partial charge in [-0.25, -0.2) is 4.79 Å². The van der Waals surface area contributed by atoms with Crippen LogP contribution in [0, 0.1) is 6.92 Å². The average Bonchev–Trinajstić information content (AvgIpc) is 2.67. The largest absolute Gasteiger partial charge is 0.465 e. The lowest BCUT2D eigenvalue weighted by molar-refractivity contribution is -0.137. The highest BCUT2D eigenvalue weighted by Gasteiger charge is 2.30. The highest BCUT2D eigenvalue weighted by Crippen LogP contribution is 2.32. The van der Waals surface area contributed by atoms with Crippen molar-refractivity contribution in [2.75, 3.05) is 7.11 Å². The van der Waals surface area contributed by atoms with Gasteiger partial charge in [0, 0.05) is 17.8 Å². The van der Waals surface area contributed by atoms with Gasteiger partial charge in [-0.05, 0) is 55.0 Å². The fourth-order valence-electron chi connectivity index (χ4n) is 2.64. The molecule has 4 nitrogen and oxygen atoms in total. The summed E-state index contributed by atoms with van der Waals surface area (Å²) in [7, 11) is 1.32. The van der Waals surface area contributed by atoms with Gasteiger partial charge in [0.1, 0.15) is 11.5 Å². The molecule has 2 aromatic carbocycles. The van der Waals surface area contributed by atoms with Crippen molar-refractivity contribution in [1.29, 1.82) is 0 Å². The monoisotopic (exact) mass is 387 g/mol. The van der Waals surface area contributed by atoms with E-state index >= 15 is 0 Å². The highest BCUT2D eigenvalue weighted by atomic mass is 19.4. The van der Waals surface area contributed by atoms with Crippen LogP contribution in [0.5, 0.6) is 11.5 Å². The third-order valence-corrected chi connectivity index (χ3v) is 4.08. The Balaban J connectivity index is 1.83. The van der Waals surface area contributed by atoms with Crippen molar-refractivity contribution >= 4 is 5.97 Å². The van der Waals surface area contributed by atoms with Crippen molar-refractivity contribution < 1.29 is 27.4 Å². The highest BCUT2D eigenvalue weighted by molar-refractivity contribution is 5.91. The molecule has 0 saturated heterocycles. The first-order valence-electron chi connectivity index (χ1n) is 8.28. The third-order valence-electron chi connectivity index (χ3n) is 4.08. The molecule has 3 aromatic rings. The molecule has 3 rings (SSSR count). The number of hydrogen-bond acceptors (Lipinski definition) is 4. The van der Waals surface area contributed by atoms with E-state index in [4.69, 9.17) is 9.47 Å². The average molecular weight is 387 g/mol. The van der Waals surface area contributed by atoms with Crippen LogP contribution in [0.2, 0.25) is 0 Å². The summed E-state index contributed by atoms with van der Waals surface area (Å²) >= 11 is 0.